The van der Waals surface area contributed by atoms with Gasteiger partial charge >= 0.3 is 0 Å². The van der Waals surface area contributed by atoms with Gasteiger partial charge in [-0.1, -0.05) is 35.5 Å². The topological polar surface area (TPSA) is 77.0 Å². The highest BCUT2D eigenvalue weighted by Gasteiger charge is 2.26. The quantitative estimate of drug-likeness (QED) is 0.558. The molecule has 0 saturated carbocycles. The number of anilines is 1. The first-order valence-corrected chi connectivity index (χ1v) is 8.46. The molecule has 4 aromatic rings. The van der Waals surface area contributed by atoms with Gasteiger partial charge in [0.2, 0.25) is 5.95 Å². The summed E-state index contributed by atoms with van der Waals surface area (Å²) in [6.45, 7) is 1.41. The Bertz CT molecular complexity index is 1100. The van der Waals surface area contributed by atoms with Crippen molar-refractivity contribution in [1.29, 1.82) is 0 Å². The Morgan fingerprint density at radius 2 is 1.96 bits per heavy atom. The molecule has 1 amide bonds. The fourth-order valence-electron chi connectivity index (χ4n) is 3.32. The third kappa shape index (κ3) is 2.28. The van der Waals surface area contributed by atoms with Crippen molar-refractivity contribution in [3.8, 4) is 11.3 Å². The van der Waals surface area contributed by atoms with Gasteiger partial charge in [-0.25, -0.2) is 4.68 Å². The minimum atomic E-state index is -0.0962. The van der Waals surface area contributed by atoms with Crippen LogP contribution in [0.25, 0.3) is 22.2 Å². The van der Waals surface area contributed by atoms with E-state index in [-0.39, 0.29) is 5.91 Å². The summed E-state index contributed by atoms with van der Waals surface area (Å²) < 4.78 is 7.28. The molecule has 7 heteroatoms. The minimum absolute atomic E-state index is 0.0962. The molecule has 2 aromatic heterocycles. The Morgan fingerprint density at radius 1 is 1.08 bits per heavy atom. The molecule has 0 N–H and O–H groups in total. The molecule has 0 spiro atoms. The zero-order chi connectivity index (χ0) is 17.5. The number of rotatable bonds is 2. The lowest BCUT2D eigenvalue weighted by Gasteiger charge is -2.26. The van der Waals surface area contributed by atoms with E-state index in [0.717, 1.165) is 29.4 Å². The molecule has 0 atom stereocenters. The summed E-state index contributed by atoms with van der Waals surface area (Å²) in [6, 6.07) is 15.2. The first kappa shape index (κ1) is 14.8. The second kappa shape index (κ2) is 5.80. The van der Waals surface area contributed by atoms with Crippen LogP contribution >= 0.6 is 0 Å². The zero-order valence-corrected chi connectivity index (χ0v) is 13.9. The number of fused-ring (bicyclic) bond motifs is 2. The highest BCUT2D eigenvalue weighted by atomic mass is 16.5. The predicted octanol–water partition coefficient (Wildman–Crippen LogP) is 3.14. The third-order valence-electron chi connectivity index (χ3n) is 4.59. The summed E-state index contributed by atoms with van der Waals surface area (Å²) in [6.07, 6.45) is 2.34. The largest absolute Gasteiger partial charge is 0.355 e. The van der Waals surface area contributed by atoms with Crippen LogP contribution < -0.4 is 4.90 Å². The van der Waals surface area contributed by atoms with Crippen LogP contribution in [0.15, 0.2) is 59.4 Å². The maximum Gasteiger partial charge on any atom is 0.260 e. The van der Waals surface area contributed by atoms with Crippen LogP contribution in [0, 0.1) is 0 Å². The molecular weight excluding hydrogens is 330 g/mol. The Morgan fingerprint density at radius 3 is 2.85 bits per heavy atom. The molecule has 7 nitrogen and oxygen atoms in total. The lowest BCUT2D eigenvalue weighted by Crippen LogP contribution is -2.38. The fourth-order valence-corrected chi connectivity index (χ4v) is 3.32. The molecular formula is C19H15N5O2. The number of hydrogen-bond donors (Lipinski definition) is 0. The van der Waals surface area contributed by atoms with E-state index in [1.807, 2.05) is 42.5 Å². The lowest BCUT2D eigenvalue weighted by molar-refractivity contribution is 0.0980. The number of amides is 1. The molecule has 3 heterocycles. The fraction of sp³-hybridized carbons (Fsp3) is 0.158. The van der Waals surface area contributed by atoms with Gasteiger partial charge in [-0.3, -0.25) is 9.69 Å². The maximum absolute atomic E-state index is 13.1. The third-order valence-corrected chi connectivity index (χ3v) is 4.59. The van der Waals surface area contributed by atoms with E-state index in [9.17, 15) is 4.79 Å². The zero-order valence-electron chi connectivity index (χ0n) is 13.9. The van der Waals surface area contributed by atoms with Crippen molar-refractivity contribution in [3.63, 3.8) is 0 Å². The van der Waals surface area contributed by atoms with Gasteiger partial charge in [0.05, 0.1) is 5.39 Å². The van der Waals surface area contributed by atoms with Gasteiger partial charge in [0.1, 0.15) is 11.8 Å². The van der Waals surface area contributed by atoms with Crippen molar-refractivity contribution >= 4 is 22.8 Å². The first-order chi connectivity index (χ1) is 12.8. The van der Waals surface area contributed by atoms with E-state index >= 15 is 0 Å². The number of aryl methyl sites for hydroxylation is 1. The Balaban J connectivity index is 1.57. The number of carbonyl (C=O) groups excluding carboxylic acids is 1. The molecule has 0 fully saturated rings. The summed E-state index contributed by atoms with van der Waals surface area (Å²) in [5.41, 5.74) is 2.23. The second-order valence-electron chi connectivity index (χ2n) is 6.20. The highest BCUT2D eigenvalue weighted by molar-refractivity contribution is 6.08. The van der Waals surface area contributed by atoms with Crippen molar-refractivity contribution in [2.45, 2.75) is 13.0 Å². The molecule has 1 aliphatic heterocycles. The molecule has 0 aliphatic carbocycles. The van der Waals surface area contributed by atoms with Gasteiger partial charge in [-0.2, -0.15) is 10.1 Å². The van der Waals surface area contributed by atoms with Gasteiger partial charge in [0.15, 0.2) is 5.76 Å². The normalized spacial score (nSPS) is 13.8. The summed E-state index contributed by atoms with van der Waals surface area (Å²) in [7, 11) is 0. The molecule has 128 valence electrons. The van der Waals surface area contributed by atoms with Gasteiger partial charge < -0.3 is 4.52 Å². The Hall–Kier alpha value is -3.48. The average Bonchev–Trinajstić information content (AvgIpc) is 3.34. The number of benzene rings is 2. The van der Waals surface area contributed by atoms with Gasteiger partial charge in [-0.15, -0.1) is 0 Å². The number of hydrogen-bond acceptors (Lipinski definition) is 5. The highest BCUT2D eigenvalue weighted by Crippen LogP contribution is 2.30. The summed E-state index contributed by atoms with van der Waals surface area (Å²) in [4.78, 5) is 19.0. The number of aromatic nitrogens is 4. The Kier molecular flexibility index (Phi) is 3.31. The summed E-state index contributed by atoms with van der Waals surface area (Å²) in [5, 5.41) is 9.09. The maximum atomic E-state index is 13.1. The van der Waals surface area contributed by atoms with Crippen LogP contribution in [0.1, 0.15) is 16.8 Å². The van der Waals surface area contributed by atoms with E-state index in [2.05, 4.69) is 15.2 Å². The molecule has 0 saturated heterocycles. The van der Waals surface area contributed by atoms with Crippen molar-refractivity contribution in [3.05, 3.63) is 60.4 Å². The smallest absolute Gasteiger partial charge is 0.260 e. The molecule has 1 aliphatic rings. The van der Waals surface area contributed by atoms with E-state index in [0.29, 0.717) is 23.8 Å². The first-order valence-electron chi connectivity index (χ1n) is 8.46. The second-order valence-corrected chi connectivity index (χ2v) is 6.20. The lowest BCUT2D eigenvalue weighted by atomic mass is 10.1. The van der Waals surface area contributed by atoms with Crippen LogP contribution in [0.3, 0.4) is 0 Å². The Labute approximate surface area is 148 Å². The van der Waals surface area contributed by atoms with Crippen LogP contribution in [0.2, 0.25) is 0 Å². The van der Waals surface area contributed by atoms with Crippen LogP contribution in [-0.4, -0.2) is 32.4 Å². The molecule has 0 radical (unpaired) electrons. The molecule has 2 aromatic carbocycles. The average molecular weight is 345 g/mol. The number of nitrogens with zero attached hydrogens (tertiary/aromatic N) is 5. The predicted molar refractivity (Wildman–Crippen MR) is 95.8 cm³/mol. The van der Waals surface area contributed by atoms with Crippen molar-refractivity contribution in [2.75, 3.05) is 11.4 Å². The van der Waals surface area contributed by atoms with Crippen molar-refractivity contribution in [1.82, 2.24) is 19.9 Å². The summed E-state index contributed by atoms with van der Waals surface area (Å²) >= 11 is 0. The SMILES string of the molecule is O=C(c1ccc2noc(-c3ccccc3)c2c1)N1CCCn2ncnc21. The molecule has 5 rings (SSSR count). The monoisotopic (exact) mass is 345 g/mol. The molecule has 26 heavy (non-hydrogen) atoms. The van der Waals surface area contributed by atoms with E-state index in [1.54, 1.807) is 15.6 Å². The van der Waals surface area contributed by atoms with Gasteiger partial charge in [0.25, 0.3) is 5.91 Å². The minimum Gasteiger partial charge on any atom is -0.355 e. The number of carbonyl (C=O) groups is 1. The van der Waals surface area contributed by atoms with E-state index in [1.165, 1.54) is 6.33 Å². The van der Waals surface area contributed by atoms with Crippen LogP contribution in [-0.2, 0) is 6.54 Å². The van der Waals surface area contributed by atoms with Crippen LogP contribution in [0.4, 0.5) is 5.95 Å². The van der Waals surface area contributed by atoms with Crippen molar-refractivity contribution in [2.24, 2.45) is 0 Å². The van der Waals surface area contributed by atoms with E-state index in [4.69, 9.17) is 4.52 Å². The van der Waals surface area contributed by atoms with Gasteiger partial charge in [-0.05, 0) is 24.6 Å². The standard InChI is InChI=1S/C19H15N5O2/c25-18(23-9-4-10-24-19(23)20-12-21-24)14-7-8-16-15(11-14)17(26-22-16)13-5-2-1-3-6-13/h1-3,5-8,11-12H,4,9-10H2. The van der Waals surface area contributed by atoms with Crippen LogP contribution in [0.5, 0.6) is 0 Å². The van der Waals surface area contributed by atoms with Gasteiger partial charge in [0, 0.05) is 24.2 Å². The molecule has 0 unspecified atom stereocenters. The summed E-state index contributed by atoms with van der Waals surface area (Å²) in [5.74, 6) is 1.16. The molecule has 0 bridgehead atoms. The van der Waals surface area contributed by atoms with E-state index < -0.39 is 0 Å². The van der Waals surface area contributed by atoms with Crippen molar-refractivity contribution < 1.29 is 9.32 Å².